The smallest absolute Gasteiger partial charge is 0.251 e. The molecular formula is C11H14N2O3. The number of carbonyl (C=O) groups excluding carboxylic acids is 1. The average molecular weight is 223 g/mol. The van der Waals surface area contributed by atoms with E-state index in [9.17, 15) is 9.70 Å². The van der Waals surface area contributed by atoms with Crippen LogP contribution in [-0.2, 0) is 11.3 Å². The summed E-state index contributed by atoms with van der Waals surface area (Å²) in [4.78, 5) is 25.4. The van der Waals surface area contributed by atoms with Gasteiger partial charge in [-0.1, -0.05) is 19.1 Å². The molecule has 86 valence electrons. The van der Waals surface area contributed by atoms with Gasteiger partial charge in [-0.05, 0) is 24.1 Å². The van der Waals surface area contributed by atoms with Gasteiger partial charge in [0.2, 0.25) is 0 Å². The van der Waals surface area contributed by atoms with Crippen LogP contribution in [0.3, 0.4) is 0 Å². The van der Waals surface area contributed by atoms with E-state index in [0.29, 0.717) is 5.56 Å². The normalized spacial score (nSPS) is 12.4. The first kappa shape index (κ1) is 10.6. The molecule has 0 aliphatic carbocycles. The Balaban J connectivity index is 2.49. The highest BCUT2D eigenvalue weighted by Gasteiger charge is 2.03. The molecule has 0 aliphatic heterocycles. The first-order valence-corrected chi connectivity index (χ1v) is 4.95. The lowest BCUT2D eigenvalue weighted by Crippen LogP contribution is -2.26. The first-order valence-electron chi connectivity index (χ1n) is 5.53. The van der Waals surface area contributed by atoms with Crippen LogP contribution in [-0.4, -0.2) is 19.0 Å². The molecule has 0 radical (unpaired) electrons. The maximum absolute atomic E-state index is 11.6. The van der Waals surface area contributed by atoms with Crippen molar-refractivity contribution in [2.45, 2.75) is 13.3 Å². The van der Waals surface area contributed by atoms with E-state index in [2.05, 4.69) is 15.5 Å². The predicted molar refractivity (Wildman–Crippen MR) is 59.9 cm³/mol. The summed E-state index contributed by atoms with van der Waals surface area (Å²) in [5.74, 6) is -0.306. The molecule has 0 saturated heterocycles. The molecule has 0 saturated carbocycles. The molecule has 1 aromatic rings. The van der Waals surface area contributed by atoms with E-state index in [1.807, 2.05) is 19.1 Å². The van der Waals surface area contributed by atoms with Gasteiger partial charge in [-0.2, -0.15) is 0 Å². The van der Waals surface area contributed by atoms with Gasteiger partial charge >= 0.3 is 0 Å². The maximum Gasteiger partial charge on any atom is 0.251 e. The van der Waals surface area contributed by atoms with Crippen LogP contribution in [0.2, 0.25) is 0 Å². The number of nitrogens with zero attached hydrogens (tertiary/aromatic N) is 1. The predicted octanol–water partition coefficient (Wildman–Crippen LogP) is 1.68. The summed E-state index contributed by atoms with van der Waals surface area (Å²) < 4.78 is 7.16. The molecule has 0 spiro atoms. The lowest BCUT2D eigenvalue weighted by atomic mass is 10.1. The summed E-state index contributed by atoms with van der Waals surface area (Å²) in [7, 11) is 0. The Bertz CT molecular complexity index is 381. The summed E-state index contributed by atoms with van der Waals surface area (Å²) in [5.41, 5.74) is 1.65. The van der Waals surface area contributed by atoms with Crippen molar-refractivity contribution < 1.29 is 11.0 Å². The largest absolute Gasteiger partial charge is 0.362 e. The summed E-state index contributed by atoms with van der Waals surface area (Å²) >= 11 is 0. The monoisotopic (exact) mass is 223 g/mol. The van der Waals surface area contributed by atoms with Crippen LogP contribution in [0, 0.1) is 4.91 Å². The number of benzene rings is 1. The third-order valence-electron chi connectivity index (χ3n) is 2.09. The van der Waals surface area contributed by atoms with Gasteiger partial charge in [-0.15, -0.1) is 4.91 Å². The summed E-state index contributed by atoms with van der Waals surface area (Å²) in [6.07, 6.45) is 0.912. The third-order valence-corrected chi connectivity index (χ3v) is 2.09. The maximum atomic E-state index is 11.6. The second-order valence-corrected chi connectivity index (χ2v) is 3.11. The lowest BCUT2D eigenvalue weighted by molar-refractivity contribution is 0.0918. The van der Waals surface area contributed by atoms with Crippen molar-refractivity contribution in [1.82, 2.24) is 5.32 Å². The SMILES string of the molecule is [2H]C(CNC(=O)c1ccc(CC)cc1)ON=O. The van der Waals surface area contributed by atoms with Gasteiger partial charge in [0.15, 0.2) is 5.34 Å². The van der Waals surface area contributed by atoms with E-state index in [-0.39, 0.29) is 12.5 Å². The Labute approximate surface area is 95.1 Å². The van der Waals surface area contributed by atoms with Gasteiger partial charge < -0.3 is 10.2 Å². The van der Waals surface area contributed by atoms with Crippen molar-refractivity contribution in [3.05, 3.63) is 40.3 Å². The number of rotatable bonds is 6. The molecule has 5 heteroatoms. The fourth-order valence-electron chi connectivity index (χ4n) is 1.20. The van der Waals surface area contributed by atoms with Crippen LogP contribution in [0.4, 0.5) is 0 Å². The highest BCUT2D eigenvalue weighted by molar-refractivity contribution is 5.94. The Morgan fingerprint density at radius 2 is 2.19 bits per heavy atom. The minimum Gasteiger partial charge on any atom is -0.362 e. The van der Waals surface area contributed by atoms with Crippen LogP contribution < -0.4 is 5.32 Å². The van der Waals surface area contributed by atoms with Gasteiger partial charge in [-0.3, -0.25) is 4.79 Å². The van der Waals surface area contributed by atoms with Crippen molar-refractivity contribution in [3.63, 3.8) is 0 Å². The Morgan fingerprint density at radius 1 is 1.50 bits per heavy atom. The fraction of sp³-hybridized carbons (Fsp3) is 0.364. The first-order chi connectivity index (χ1) is 8.17. The second-order valence-electron chi connectivity index (χ2n) is 3.11. The van der Waals surface area contributed by atoms with Crippen LogP contribution in [0.1, 0.15) is 24.2 Å². The number of amides is 1. The second kappa shape index (κ2) is 6.55. The molecule has 1 unspecified atom stereocenters. The zero-order valence-electron chi connectivity index (χ0n) is 9.97. The topological polar surface area (TPSA) is 67.8 Å². The van der Waals surface area contributed by atoms with Crippen molar-refractivity contribution in [3.8, 4) is 0 Å². The quantitative estimate of drug-likeness (QED) is 0.589. The number of carbonyl (C=O) groups is 1. The van der Waals surface area contributed by atoms with E-state index in [4.69, 9.17) is 1.37 Å². The molecule has 0 aliphatic rings. The molecule has 0 heterocycles. The van der Waals surface area contributed by atoms with Crippen LogP contribution in [0.25, 0.3) is 0 Å². The molecule has 5 nitrogen and oxygen atoms in total. The average Bonchev–Trinajstić information content (AvgIpc) is 2.36. The fourth-order valence-corrected chi connectivity index (χ4v) is 1.20. The van der Waals surface area contributed by atoms with Crippen LogP contribution >= 0.6 is 0 Å². The van der Waals surface area contributed by atoms with Crippen LogP contribution in [0.5, 0.6) is 0 Å². The summed E-state index contributed by atoms with van der Waals surface area (Å²) in [6, 6.07) is 7.17. The molecule has 1 N–H and O–H groups in total. The molecule has 0 bridgehead atoms. The number of hydrogen-bond acceptors (Lipinski definition) is 4. The van der Waals surface area contributed by atoms with Gasteiger partial charge in [0.25, 0.3) is 5.91 Å². The van der Waals surface area contributed by atoms with Crippen molar-refractivity contribution in [2.24, 2.45) is 5.34 Å². The van der Waals surface area contributed by atoms with E-state index >= 15 is 0 Å². The van der Waals surface area contributed by atoms with Gasteiger partial charge in [0.05, 0.1) is 7.92 Å². The van der Waals surface area contributed by atoms with Crippen molar-refractivity contribution >= 4 is 5.91 Å². The Kier molecular flexibility index (Phi) is 4.34. The molecule has 0 fully saturated rings. The molecular weight excluding hydrogens is 208 g/mol. The molecule has 1 amide bonds. The minimum absolute atomic E-state index is 0.0832. The van der Waals surface area contributed by atoms with E-state index in [1.54, 1.807) is 12.1 Å². The Morgan fingerprint density at radius 3 is 2.75 bits per heavy atom. The number of aryl methyl sites for hydroxylation is 1. The van der Waals surface area contributed by atoms with Gasteiger partial charge in [0, 0.05) is 5.56 Å². The molecule has 1 rings (SSSR count). The highest BCUT2D eigenvalue weighted by atomic mass is 16.7. The van der Waals surface area contributed by atoms with E-state index in [1.165, 1.54) is 0 Å². The zero-order chi connectivity index (χ0) is 12.7. The summed E-state index contributed by atoms with van der Waals surface area (Å²) in [6.45, 7) is 0.773. The summed E-state index contributed by atoms with van der Waals surface area (Å²) in [5, 5.41) is 4.59. The van der Waals surface area contributed by atoms with Crippen LogP contribution in [0.15, 0.2) is 29.6 Å². The van der Waals surface area contributed by atoms with Crippen molar-refractivity contribution in [2.75, 3.05) is 13.1 Å². The van der Waals surface area contributed by atoms with Gasteiger partial charge in [0.1, 0.15) is 6.58 Å². The lowest BCUT2D eigenvalue weighted by Gasteiger charge is -2.04. The third kappa shape index (κ3) is 3.68. The standard InChI is InChI=1S/C11H14N2O3/c1-2-9-3-5-10(6-4-9)11(14)12-7-8-16-13-15/h3-6H,2,7-8H2,1H3,(H,12,14)/i8D. The number of hydrogen-bond donors (Lipinski definition) is 1. The van der Waals surface area contributed by atoms with E-state index < -0.39 is 6.58 Å². The van der Waals surface area contributed by atoms with E-state index in [0.717, 1.165) is 12.0 Å². The van der Waals surface area contributed by atoms with Crippen molar-refractivity contribution in [1.29, 1.82) is 0 Å². The van der Waals surface area contributed by atoms with Gasteiger partial charge in [-0.25, -0.2) is 0 Å². The Hall–Kier alpha value is -1.91. The molecule has 0 aromatic heterocycles. The zero-order valence-corrected chi connectivity index (χ0v) is 8.97. The minimum atomic E-state index is -1.17. The molecule has 1 aromatic carbocycles. The molecule has 1 atom stereocenters. The molecule has 16 heavy (non-hydrogen) atoms. The number of nitrogens with one attached hydrogen (secondary N) is 1. The highest BCUT2D eigenvalue weighted by Crippen LogP contribution is 2.04.